The van der Waals surface area contributed by atoms with E-state index in [1.54, 1.807) is 28.8 Å². The van der Waals surface area contributed by atoms with Crippen molar-refractivity contribution in [1.82, 2.24) is 4.98 Å². The fourth-order valence-corrected chi connectivity index (χ4v) is 2.95. The zero-order valence-corrected chi connectivity index (χ0v) is 10.8. The van der Waals surface area contributed by atoms with Gasteiger partial charge in [0, 0.05) is 23.7 Å². The van der Waals surface area contributed by atoms with Crippen LogP contribution in [-0.4, -0.2) is 40.2 Å². The molecule has 1 unspecified atom stereocenters. The first kappa shape index (κ1) is 12.7. The average Bonchev–Trinajstić information content (AvgIpc) is 2.38. The molecule has 18 heavy (non-hydrogen) atoms. The number of hydrogen-bond donors (Lipinski definition) is 1. The molecule has 0 saturated carbocycles. The van der Waals surface area contributed by atoms with Crippen LogP contribution in [0.1, 0.15) is 11.3 Å². The highest BCUT2D eigenvalue weighted by Crippen LogP contribution is 2.25. The largest absolute Gasteiger partial charge is 0.480 e. The van der Waals surface area contributed by atoms with E-state index in [0.717, 1.165) is 11.4 Å². The Bertz CT molecular complexity index is 513. The highest BCUT2D eigenvalue weighted by Gasteiger charge is 2.31. The van der Waals surface area contributed by atoms with Gasteiger partial charge in [0.15, 0.2) is 0 Å². The first-order valence-corrected chi connectivity index (χ1v) is 6.74. The summed E-state index contributed by atoms with van der Waals surface area (Å²) in [6.07, 6.45) is 0. The molecule has 1 aromatic heterocycles. The van der Waals surface area contributed by atoms with Crippen molar-refractivity contribution >= 4 is 23.5 Å². The molecule has 2 rings (SSSR count). The van der Waals surface area contributed by atoms with Crippen molar-refractivity contribution in [3.63, 3.8) is 0 Å². The van der Waals surface area contributed by atoms with Gasteiger partial charge in [-0.15, -0.1) is 0 Å². The Balaban J connectivity index is 2.42. The minimum absolute atomic E-state index is 0.429. The first-order valence-electron chi connectivity index (χ1n) is 5.58. The van der Waals surface area contributed by atoms with Gasteiger partial charge in [-0.3, -0.25) is 0 Å². The van der Waals surface area contributed by atoms with Crippen LogP contribution in [0.3, 0.4) is 0 Å². The fourth-order valence-electron chi connectivity index (χ4n) is 1.91. The Labute approximate surface area is 109 Å². The molecule has 2 heterocycles. The molecule has 1 aliphatic rings. The van der Waals surface area contributed by atoms with E-state index >= 15 is 0 Å². The lowest BCUT2D eigenvalue weighted by Gasteiger charge is -2.34. The molecule has 5 nitrogen and oxygen atoms in total. The molecule has 1 saturated heterocycles. The molecule has 6 heteroatoms. The van der Waals surface area contributed by atoms with E-state index in [2.05, 4.69) is 11.1 Å². The molecule has 0 bridgehead atoms. The lowest BCUT2D eigenvalue weighted by atomic mass is 10.2. The second kappa shape index (κ2) is 5.27. The van der Waals surface area contributed by atoms with Crippen LogP contribution in [0.25, 0.3) is 0 Å². The number of nitrogens with zero attached hydrogens (tertiary/aromatic N) is 3. The minimum Gasteiger partial charge on any atom is -0.480 e. The van der Waals surface area contributed by atoms with Crippen molar-refractivity contribution in [3.05, 3.63) is 23.4 Å². The zero-order valence-electron chi connectivity index (χ0n) is 9.96. The van der Waals surface area contributed by atoms with Crippen LogP contribution in [0.2, 0.25) is 0 Å². The van der Waals surface area contributed by atoms with Crippen molar-refractivity contribution in [2.75, 3.05) is 23.0 Å². The normalized spacial score (nSPS) is 19.3. The summed E-state index contributed by atoms with van der Waals surface area (Å²) in [4.78, 5) is 17.3. The van der Waals surface area contributed by atoms with Gasteiger partial charge in [-0.05, 0) is 19.1 Å². The average molecular weight is 263 g/mol. The van der Waals surface area contributed by atoms with E-state index in [-0.39, 0.29) is 0 Å². The predicted octanol–water partition coefficient (Wildman–Crippen LogP) is 1.27. The minimum atomic E-state index is -0.866. The maximum absolute atomic E-state index is 11.3. The van der Waals surface area contributed by atoms with Crippen LogP contribution in [0.15, 0.2) is 12.1 Å². The third-order valence-corrected chi connectivity index (χ3v) is 3.84. The fraction of sp³-hybridized carbons (Fsp3) is 0.417. The lowest BCUT2D eigenvalue weighted by Crippen LogP contribution is -2.48. The molecule has 0 radical (unpaired) electrons. The summed E-state index contributed by atoms with van der Waals surface area (Å²) in [5.74, 6) is 1.000. The van der Waals surface area contributed by atoms with E-state index in [1.807, 2.05) is 6.92 Å². The molecule has 0 spiro atoms. The summed E-state index contributed by atoms with van der Waals surface area (Å²) >= 11 is 1.61. The quantitative estimate of drug-likeness (QED) is 0.865. The second-order valence-electron chi connectivity index (χ2n) is 4.06. The van der Waals surface area contributed by atoms with Crippen molar-refractivity contribution in [3.8, 4) is 6.07 Å². The Hall–Kier alpha value is -1.74. The van der Waals surface area contributed by atoms with E-state index < -0.39 is 12.0 Å². The van der Waals surface area contributed by atoms with Gasteiger partial charge in [0.2, 0.25) is 0 Å². The number of carbonyl (C=O) groups is 1. The molecular formula is C12H13N3O2S. The van der Waals surface area contributed by atoms with E-state index in [0.29, 0.717) is 23.7 Å². The van der Waals surface area contributed by atoms with Crippen LogP contribution in [-0.2, 0) is 4.79 Å². The number of thioether (sulfide) groups is 1. The van der Waals surface area contributed by atoms with Crippen LogP contribution in [0.4, 0.5) is 5.82 Å². The highest BCUT2D eigenvalue weighted by molar-refractivity contribution is 7.99. The molecule has 0 amide bonds. The van der Waals surface area contributed by atoms with E-state index in [9.17, 15) is 9.90 Å². The van der Waals surface area contributed by atoms with Crippen LogP contribution >= 0.6 is 11.8 Å². The van der Waals surface area contributed by atoms with Crippen LogP contribution in [0, 0.1) is 18.3 Å². The third kappa shape index (κ3) is 2.41. The monoisotopic (exact) mass is 263 g/mol. The molecule has 1 aromatic rings. The molecule has 1 fully saturated rings. The van der Waals surface area contributed by atoms with Crippen molar-refractivity contribution < 1.29 is 9.90 Å². The molecule has 1 atom stereocenters. The SMILES string of the molecule is Cc1ccc(C#N)c(N2CCSCC2C(=O)O)n1. The van der Waals surface area contributed by atoms with Crippen molar-refractivity contribution in [2.45, 2.75) is 13.0 Å². The summed E-state index contributed by atoms with van der Waals surface area (Å²) < 4.78 is 0. The maximum Gasteiger partial charge on any atom is 0.327 e. The summed E-state index contributed by atoms with van der Waals surface area (Å²) in [7, 11) is 0. The van der Waals surface area contributed by atoms with Gasteiger partial charge >= 0.3 is 5.97 Å². The number of aryl methyl sites for hydroxylation is 1. The van der Waals surface area contributed by atoms with Crippen LogP contribution in [0.5, 0.6) is 0 Å². The van der Waals surface area contributed by atoms with Crippen molar-refractivity contribution in [2.24, 2.45) is 0 Å². The topological polar surface area (TPSA) is 77.2 Å². The standard InChI is InChI=1S/C12H13N3O2S/c1-8-2-3-9(6-13)11(14-8)15-4-5-18-7-10(15)12(16)17/h2-3,10H,4-5,7H2,1H3,(H,16,17). The number of carboxylic acid groups (broad SMARTS) is 1. The van der Waals surface area contributed by atoms with E-state index in [4.69, 9.17) is 5.26 Å². The van der Waals surface area contributed by atoms with Gasteiger partial charge in [0.05, 0.1) is 5.56 Å². The van der Waals surface area contributed by atoms with Gasteiger partial charge < -0.3 is 10.0 Å². The zero-order chi connectivity index (χ0) is 13.1. The smallest absolute Gasteiger partial charge is 0.327 e. The number of aromatic nitrogens is 1. The number of rotatable bonds is 2. The highest BCUT2D eigenvalue weighted by atomic mass is 32.2. The second-order valence-corrected chi connectivity index (χ2v) is 5.21. The van der Waals surface area contributed by atoms with Gasteiger partial charge in [0.1, 0.15) is 17.9 Å². The molecule has 0 aliphatic carbocycles. The van der Waals surface area contributed by atoms with Gasteiger partial charge in [-0.2, -0.15) is 17.0 Å². The number of carboxylic acids is 1. The molecular weight excluding hydrogens is 250 g/mol. The predicted molar refractivity (Wildman–Crippen MR) is 69.8 cm³/mol. The lowest BCUT2D eigenvalue weighted by molar-refractivity contribution is -0.138. The summed E-state index contributed by atoms with van der Waals surface area (Å²) in [5.41, 5.74) is 1.21. The van der Waals surface area contributed by atoms with E-state index in [1.165, 1.54) is 0 Å². The molecule has 1 N–H and O–H groups in total. The molecule has 0 aromatic carbocycles. The summed E-state index contributed by atoms with van der Waals surface area (Å²) in [6, 6.07) is 4.92. The maximum atomic E-state index is 11.3. The summed E-state index contributed by atoms with van der Waals surface area (Å²) in [6.45, 7) is 2.44. The Morgan fingerprint density at radius 2 is 2.44 bits per heavy atom. The Morgan fingerprint density at radius 3 is 3.11 bits per heavy atom. The van der Waals surface area contributed by atoms with Crippen molar-refractivity contribution in [1.29, 1.82) is 5.26 Å². The number of pyridine rings is 1. The van der Waals surface area contributed by atoms with Gasteiger partial charge in [0.25, 0.3) is 0 Å². The first-order chi connectivity index (χ1) is 8.63. The third-order valence-electron chi connectivity index (χ3n) is 2.82. The number of hydrogen-bond acceptors (Lipinski definition) is 5. The number of anilines is 1. The van der Waals surface area contributed by atoms with Crippen LogP contribution < -0.4 is 4.90 Å². The van der Waals surface area contributed by atoms with Gasteiger partial charge in [-0.1, -0.05) is 0 Å². The summed E-state index contributed by atoms with van der Waals surface area (Å²) in [5, 5.41) is 18.3. The number of aliphatic carboxylic acids is 1. The van der Waals surface area contributed by atoms with Gasteiger partial charge in [-0.25, -0.2) is 9.78 Å². The molecule has 1 aliphatic heterocycles. The molecule has 94 valence electrons. The Morgan fingerprint density at radius 1 is 1.67 bits per heavy atom. The Kier molecular flexibility index (Phi) is 3.72. The number of nitriles is 1.